The van der Waals surface area contributed by atoms with Gasteiger partial charge in [-0.1, -0.05) is 286 Å². The maximum absolute atomic E-state index is 12.8. The minimum Gasteiger partial charge on any atom is -0.462 e. The topological polar surface area (TPSA) is 78.9 Å². The van der Waals surface area contributed by atoms with Crippen LogP contribution in [0.25, 0.3) is 0 Å². The second-order valence-corrected chi connectivity index (χ2v) is 21.3. The molecule has 0 aromatic carbocycles. The van der Waals surface area contributed by atoms with Crippen molar-refractivity contribution in [2.24, 2.45) is 0 Å². The van der Waals surface area contributed by atoms with Crippen LogP contribution in [-0.2, 0) is 28.6 Å². The molecule has 74 heavy (non-hydrogen) atoms. The van der Waals surface area contributed by atoms with Crippen LogP contribution in [0.5, 0.6) is 0 Å². The Balaban J connectivity index is 4.02. The van der Waals surface area contributed by atoms with Crippen LogP contribution >= 0.6 is 0 Å². The molecule has 6 nitrogen and oxygen atoms in total. The number of allylic oxidation sites excluding steroid dienone is 12. The van der Waals surface area contributed by atoms with Crippen molar-refractivity contribution in [3.05, 3.63) is 72.9 Å². The number of esters is 3. The van der Waals surface area contributed by atoms with Gasteiger partial charge in [-0.3, -0.25) is 14.4 Å². The van der Waals surface area contributed by atoms with Gasteiger partial charge in [-0.15, -0.1) is 0 Å². The summed E-state index contributed by atoms with van der Waals surface area (Å²) in [5.41, 5.74) is 0. The molecule has 0 fully saturated rings. The van der Waals surface area contributed by atoms with Crippen molar-refractivity contribution in [1.82, 2.24) is 0 Å². The zero-order chi connectivity index (χ0) is 53.6. The predicted molar refractivity (Wildman–Crippen MR) is 321 cm³/mol. The molecule has 0 N–H and O–H groups in total. The van der Waals surface area contributed by atoms with Gasteiger partial charge in [0.2, 0.25) is 0 Å². The fourth-order valence-electron chi connectivity index (χ4n) is 9.17. The zero-order valence-electron chi connectivity index (χ0n) is 49.1. The summed E-state index contributed by atoms with van der Waals surface area (Å²) >= 11 is 0. The second kappa shape index (κ2) is 62.4. The summed E-state index contributed by atoms with van der Waals surface area (Å²) in [6, 6.07) is 0. The molecule has 0 saturated carbocycles. The van der Waals surface area contributed by atoms with E-state index in [1.54, 1.807) is 0 Å². The monoisotopic (exact) mass is 1030 g/mol. The van der Waals surface area contributed by atoms with E-state index in [0.717, 1.165) is 89.9 Å². The van der Waals surface area contributed by atoms with Crippen LogP contribution in [0.15, 0.2) is 72.9 Å². The molecule has 0 rings (SSSR count). The van der Waals surface area contributed by atoms with Gasteiger partial charge in [0.15, 0.2) is 6.10 Å². The van der Waals surface area contributed by atoms with Crippen LogP contribution in [0.1, 0.15) is 323 Å². The maximum Gasteiger partial charge on any atom is 0.306 e. The molecule has 1 atom stereocenters. The van der Waals surface area contributed by atoms with Crippen LogP contribution in [0.4, 0.5) is 0 Å². The Kier molecular flexibility index (Phi) is 59.7. The molecule has 0 radical (unpaired) electrons. The Labute approximate surface area is 459 Å². The Morgan fingerprint density at radius 2 is 0.527 bits per heavy atom. The predicted octanol–water partition coefficient (Wildman–Crippen LogP) is 21.7. The lowest BCUT2D eigenvalue weighted by molar-refractivity contribution is -0.167. The number of carbonyl (C=O) groups is 3. The van der Waals surface area contributed by atoms with Crippen LogP contribution < -0.4 is 0 Å². The first-order chi connectivity index (χ1) is 36.5. The summed E-state index contributed by atoms with van der Waals surface area (Å²) in [6.45, 7) is 6.49. The first-order valence-corrected chi connectivity index (χ1v) is 31.9. The smallest absolute Gasteiger partial charge is 0.306 e. The van der Waals surface area contributed by atoms with Gasteiger partial charge in [-0.2, -0.15) is 0 Å². The van der Waals surface area contributed by atoms with Gasteiger partial charge in [-0.25, -0.2) is 0 Å². The highest BCUT2D eigenvalue weighted by atomic mass is 16.6. The molecule has 0 aromatic heterocycles. The van der Waals surface area contributed by atoms with Gasteiger partial charge in [0, 0.05) is 19.3 Å². The molecule has 0 spiro atoms. The van der Waals surface area contributed by atoms with Gasteiger partial charge < -0.3 is 14.2 Å². The summed E-state index contributed by atoms with van der Waals surface area (Å²) in [4.78, 5) is 38.0. The second-order valence-electron chi connectivity index (χ2n) is 21.3. The molecule has 0 aliphatic heterocycles. The van der Waals surface area contributed by atoms with Crippen molar-refractivity contribution < 1.29 is 28.6 Å². The average Bonchev–Trinajstić information content (AvgIpc) is 3.40. The fraction of sp³-hybridized carbons (Fsp3) is 0.779. The van der Waals surface area contributed by atoms with Gasteiger partial charge in [0.1, 0.15) is 13.2 Å². The molecule has 6 heteroatoms. The van der Waals surface area contributed by atoms with E-state index in [2.05, 4.69) is 93.7 Å². The molecule has 0 aliphatic carbocycles. The summed E-state index contributed by atoms with van der Waals surface area (Å²) in [5, 5.41) is 0. The highest BCUT2D eigenvalue weighted by molar-refractivity contribution is 5.71. The molecule has 0 aromatic rings. The van der Waals surface area contributed by atoms with Gasteiger partial charge in [-0.05, 0) is 89.9 Å². The number of carbonyl (C=O) groups excluding carboxylic acids is 3. The Morgan fingerprint density at radius 1 is 0.284 bits per heavy atom. The molecule has 0 bridgehead atoms. The molecule has 1 unspecified atom stereocenters. The normalized spacial score (nSPS) is 12.5. The minimum absolute atomic E-state index is 0.0726. The van der Waals surface area contributed by atoms with Crippen molar-refractivity contribution in [3.8, 4) is 0 Å². The SMILES string of the molecule is CC/C=C\C/C=C\C/C=C\C/C=C\C/C=C\CCCCCCCCCCCCCCCCCC(=O)OCC(COC(=O)CCCCCCCC)OC(=O)CCCCCCCCCCC/C=C\CCCCCCCC. The fourth-order valence-corrected chi connectivity index (χ4v) is 9.17. The Hall–Kier alpha value is -3.15. The third kappa shape index (κ3) is 59.7. The Bertz CT molecular complexity index is 1370. The third-order valence-electron chi connectivity index (χ3n) is 13.9. The largest absolute Gasteiger partial charge is 0.462 e. The van der Waals surface area contributed by atoms with E-state index in [9.17, 15) is 14.4 Å². The highest BCUT2D eigenvalue weighted by Gasteiger charge is 2.19. The number of hydrogen-bond donors (Lipinski definition) is 0. The number of rotatable bonds is 58. The average molecular weight is 1030 g/mol. The molecule has 0 amide bonds. The van der Waals surface area contributed by atoms with E-state index in [1.807, 2.05) is 0 Å². The van der Waals surface area contributed by atoms with E-state index < -0.39 is 6.10 Å². The molecule has 0 saturated heterocycles. The van der Waals surface area contributed by atoms with E-state index >= 15 is 0 Å². The van der Waals surface area contributed by atoms with Gasteiger partial charge in [0.25, 0.3) is 0 Å². The van der Waals surface area contributed by atoms with E-state index in [0.29, 0.717) is 19.3 Å². The molecular weight excluding hydrogens is 913 g/mol. The minimum atomic E-state index is -0.771. The van der Waals surface area contributed by atoms with Crippen molar-refractivity contribution in [2.75, 3.05) is 13.2 Å². The quantitative estimate of drug-likeness (QED) is 0.0261. The molecule has 0 heterocycles. The van der Waals surface area contributed by atoms with Crippen molar-refractivity contribution in [3.63, 3.8) is 0 Å². The van der Waals surface area contributed by atoms with Gasteiger partial charge in [0.05, 0.1) is 0 Å². The van der Waals surface area contributed by atoms with Crippen molar-refractivity contribution in [1.29, 1.82) is 0 Å². The van der Waals surface area contributed by atoms with E-state index in [-0.39, 0.29) is 31.1 Å². The standard InChI is InChI=1S/C68H120O6/c1-4-7-10-13-16-18-20-22-24-26-28-29-30-31-32-33-34-35-36-37-38-39-41-42-44-46-48-50-52-55-58-61-67(70)73-64-65(63-72-66(69)60-57-54-15-12-9-6-3)74-68(71)62-59-56-53-51-49-47-45-43-40-27-25-23-21-19-17-14-11-8-5-2/h7,10,16,18,22-25,28-29,31-32,65H,4-6,8-9,11-15,17,19-21,26-27,30,33-64H2,1-3H3/b10-7-,18-16-,24-22-,25-23-,29-28-,32-31-. The van der Waals surface area contributed by atoms with E-state index in [4.69, 9.17) is 14.2 Å². The Morgan fingerprint density at radius 3 is 0.838 bits per heavy atom. The summed E-state index contributed by atoms with van der Waals surface area (Å²) in [7, 11) is 0. The summed E-state index contributed by atoms with van der Waals surface area (Å²) in [5.74, 6) is -0.871. The number of ether oxygens (including phenoxy) is 3. The van der Waals surface area contributed by atoms with E-state index in [1.165, 1.54) is 193 Å². The molecule has 0 aliphatic rings. The first kappa shape index (κ1) is 70.8. The van der Waals surface area contributed by atoms with Gasteiger partial charge >= 0.3 is 17.9 Å². The van der Waals surface area contributed by atoms with Crippen molar-refractivity contribution in [2.45, 2.75) is 329 Å². The first-order valence-electron chi connectivity index (χ1n) is 31.9. The number of unbranched alkanes of at least 4 members (excludes halogenated alkanes) is 35. The lowest BCUT2D eigenvalue weighted by atomic mass is 10.0. The lowest BCUT2D eigenvalue weighted by Crippen LogP contribution is -2.30. The highest BCUT2D eigenvalue weighted by Crippen LogP contribution is 2.17. The van der Waals surface area contributed by atoms with Crippen molar-refractivity contribution >= 4 is 17.9 Å². The van der Waals surface area contributed by atoms with Crippen LogP contribution in [0.2, 0.25) is 0 Å². The summed E-state index contributed by atoms with van der Waals surface area (Å²) < 4.78 is 16.8. The maximum atomic E-state index is 12.8. The lowest BCUT2D eigenvalue weighted by Gasteiger charge is -2.18. The molecule has 428 valence electrons. The zero-order valence-corrected chi connectivity index (χ0v) is 49.1. The van der Waals surface area contributed by atoms with Crippen LogP contribution in [0, 0.1) is 0 Å². The van der Waals surface area contributed by atoms with Crippen LogP contribution in [-0.4, -0.2) is 37.2 Å². The van der Waals surface area contributed by atoms with Crippen LogP contribution in [0.3, 0.4) is 0 Å². The molecular formula is C68H120O6. The summed E-state index contributed by atoms with van der Waals surface area (Å²) in [6.07, 6.45) is 80.9. The third-order valence-corrected chi connectivity index (χ3v) is 13.9. The number of hydrogen-bond acceptors (Lipinski definition) is 6.